The molecule has 0 amide bonds. The molecule has 1 fully saturated rings. The summed E-state index contributed by atoms with van der Waals surface area (Å²) < 4.78 is 0. The third kappa shape index (κ3) is 2.19. The maximum absolute atomic E-state index is 5.79. The van der Waals surface area contributed by atoms with Gasteiger partial charge in [-0.3, -0.25) is 0 Å². The van der Waals surface area contributed by atoms with Crippen molar-refractivity contribution in [2.75, 3.05) is 11.1 Å². The Labute approximate surface area is 85.5 Å². The summed E-state index contributed by atoms with van der Waals surface area (Å²) in [5.74, 6) is 0. The molecule has 0 aromatic heterocycles. The van der Waals surface area contributed by atoms with Gasteiger partial charge in [-0.05, 0) is 43.5 Å². The summed E-state index contributed by atoms with van der Waals surface area (Å²) in [5, 5.41) is 3.54. The van der Waals surface area contributed by atoms with Gasteiger partial charge in [-0.25, -0.2) is 0 Å². The Balaban J connectivity index is 2.07. The van der Waals surface area contributed by atoms with Crippen molar-refractivity contribution in [1.82, 2.24) is 0 Å². The fourth-order valence-corrected chi connectivity index (χ4v) is 2.20. The highest BCUT2D eigenvalue weighted by molar-refractivity contribution is 5.57. The number of hydrogen-bond acceptors (Lipinski definition) is 2. The lowest BCUT2D eigenvalue weighted by molar-refractivity contribution is 0.755. The third-order valence-corrected chi connectivity index (χ3v) is 2.83. The minimum Gasteiger partial charge on any atom is -0.399 e. The lowest BCUT2D eigenvalue weighted by Crippen LogP contribution is -2.14. The van der Waals surface area contributed by atoms with Crippen LogP contribution >= 0.6 is 0 Å². The van der Waals surface area contributed by atoms with Crippen LogP contribution < -0.4 is 11.1 Å². The third-order valence-electron chi connectivity index (χ3n) is 2.83. The molecule has 0 bridgehead atoms. The molecule has 0 spiro atoms. The monoisotopic (exact) mass is 190 g/mol. The van der Waals surface area contributed by atoms with Crippen LogP contribution in [-0.2, 0) is 0 Å². The van der Waals surface area contributed by atoms with Gasteiger partial charge in [0.1, 0.15) is 0 Å². The van der Waals surface area contributed by atoms with Crippen LogP contribution in [-0.4, -0.2) is 6.04 Å². The summed E-state index contributed by atoms with van der Waals surface area (Å²) in [5.41, 5.74) is 9.05. The molecule has 1 aliphatic carbocycles. The van der Waals surface area contributed by atoms with E-state index in [9.17, 15) is 0 Å². The van der Waals surface area contributed by atoms with Crippen molar-refractivity contribution in [1.29, 1.82) is 0 Å². The molecule has 14 heavy (non-hydrogen) atoms. The number of anilines is 2. The van der Waals surface area contributed by atoms with E-state index in [2.05, 4.69) is 18.3 Å². The first-order chi connectivity index (χ1) is 6.74. The summed E-state index contributed by atoms with van der Waals surface area (Å²) in [7, 11) is 0. The smallest absolute Gasteiger partial charge is 0.0365 e. The molecule has 2 nitrogen and oxygen atoms in total. The number of nitrogens with two attached hydrogens (primary N) is 1. The van der Waals surface area contributed by atoms with Crippen molar-refractivity contribution < 1.29 is 0 Å². The fraction of sp³-hybridized carbons (Fsp3) is 0.500. The van der Waals surface area contributed by atoms with Crippen LogP contribution in [0.1, 0.15) is 31.2 Å². The van der Waals surface area contributed by atoms with Gasteiger partial charge in [-0.1, -0.05) is 12.8 Å². The molecular formula is C12H18N2. The second-order valence-electron chi connectivity index (χ2n) is 4.26. The Morgan fingerprint density at radius 3 is 2.57 bits per heavy atom. The lowest BCUT2D eigenvalue weighted by atomic mass is 10.1. The molecule has 2 rings (SSSR count). The zero-order chi connectivity index (χ0) is 9.97. The van der Waals surface area contributed by atoms with E-state index in [-0.39, 0.29) is 0 Å². The largest absolute Gasteiger partial charge is 0.399 e. The number of aryl methyl sites for hydroxylation is 1. The second kappa shape index (κ2) is 3.91. The highest BCUT2D eigenvalue weighted by Gasteiger charge is 2.14. The average Bonchev–Trinajstić information content (AvgIpc) is 2.54. The Morgan fingerprint density at radius 1 is 1.21 bits per heavy atom. The predicted octanol–water partition coefficient (Wildman–Crippen LogP) is 2.93. The van der Waals surface area contributed by atoms with E-state index in [0.29, 0.717) is 6.04 Å². The number of hydrogen-bond donors (Lipinski definition) is 2. The molecule has 0 aliphatic heterocycles. The van der Waals surface area contributed by atoms with Gasteiger partial charge in [0.25, 0.3) is 0 Å². The Morgan fingerprint density at radius 2 is 1.93 bits per heavy atom. The van der Waals surface area contributed by atoms with Gasteiger partial charge in [0.05, 0.1) is 0 Å². The number of nitrogens with one attached hydrogen (secondary N) is 1. The molecule has 1 saturated carbocycles. The lowest BCUT2D eigenvalue weighted by Gasteiger charge is -2.14. The van der Waals surface area contributed by atoms with Crippen molar-refractivity contribution >= 4 is 11.4 Å². The Kier molecular flexibility index (Phi) is 2.62. The summed E-state index contributed by atoms with van der Waals surface area (Å²) in [6.07, 6.45) is 5.32. The predicted molar refractivity (Wildman–Crippen MR) is 61.5 cm³/mol. The topological polar surface area (TPSA) is 38.0 Å². The molecule has 0 radical (unpaired) electrons. The molecule has 0 heterocycles. The van der Waals surface area contributed by atoms with Crippen LogP contribution in [0, 0.1) is 6.92 Å². The van der Waals surface area contributed by atoms with Crippen molar-refractivity contribution in [3.63, 3.8) is 0 Å². The molecule has 76 valence electrons. The zero-order valence-electron chi connectivity index (χ0n) is 8.72. The van der Waals surface area contributed by atoms with E-state index < -0.39 is 0 Å². The standard InChI is InChI=1S/C12H18N2/c1-9-6-10(13)8-12(7-9)14-11-4-2-3-5-11/h6-8,11,14H,2-5,13H2,1H3. The Bertz CT molecular complexity index is 294. The van der Waals surface area contributed by atoms with Gasteiger partial charge >= 0.3 is 0 Å². The fourth-order valence-electron chi connectivity index (χ4n) is 2.20. The summed E-state index contributed by atoms with van der Waals surface area (Å²) in [6, 6.07) is 6.84. The van der Waals surface area contributed by atoms with E-state index in [1.807, 2.05) is 12.1 Å². The molecule has 1 aromatic rings. The molecule has 0 unspecified atom stereocenters. The van der Waals surface area contributed by atoms with Gasteiger partial charge in [-0.2, -0.15) is 0 Å². The van der Waals surface area contributed by atoms with E-state index in [1.165, 1.54) is 36.9 Å². The van der Waals surface area contributed by atoms with Crippen molar-refractivity contribution in [2.24, 2.45) is 0 Å². The number of benzene rings is 1. The second-order valence-corrected chi connectivity index (χ2v) is 4.26. The maximum Gasteiger partial charge on any atom is 0.0365 e. The van der Waals surface area contributed by atoms with Gasteiger partial charge in [-0.15, -0.1) is 0 Å². The SMILES string of the molecule is Cc1cc(N)cc(NC2CCCC2)c1. The molecule has 3 N–H and O–H groups in total. The van der Waals surface area contributed by atoms with Crippen molar-refractivity contribution in [2.45, 2.75) is 38.6 Å². The summed E-state index contributed by atoms with van der Waals surface area (Å²) >= 11 is 0. The van der Waals surface area contributed by atoms with Gasteiger partial charge in [0.2, 0.25) is 0 Å². The van der Waals surface area contributed by atoms with Crippen LogP contribution in [0.25, 0.3) is 0 Å². The summed E-state index contributed by atoms with van der Waals surface area (Å²) in [6.45, 7) is 2.08. The first-order valence-electron chi connectivity index (χ1n) is 5.38. The molecule has 2 heteroatoms. The minimum atomic E-state index is 0.663. The van der Waals surface area contributed by atoms with Gasteiger partial charge < -0.3 is 11.1 Å². The van der Waals surface area contributed by atoms with Crippen LogP contribution in [0.4, 0.5) is 11.4 Å². The van der Waals surface area contributed by atoms with Crippen molar-refractivity contribution in [3.05, 3.63) is 23.8 Å². The van der Waals surface area contributed by atoms with Crippen LogP contribution in [0.2, 0.25) is 0 Å². The molecule has 0 saturated heterocycles. The molecule has 1 aromatic carbocycles. The molecular weight excluding hydrogens is 172 g/mol. The minimum absolute atomic E-state index is 0.663. The first-order valence-corrected chi connectivity index (χ1v) is 5.38. The molecule has 1 aliphatic rings. The molecule has 0 atom stereocenters. The van der Waals surface area contributed by atoms with E-state index in [0.717, 1.165) is 5.69 Å². The summed E-state index contributed by atoms with van der Waals surface area (Å²) in [4.78, 5) is 0. The highest BCUT2D eigenvalue weighted by Crippen LogP contribution is 2.24. The first kappa shape index (κ1) is 9.38. The van der Waals surface area contributed by atoms with E-state index >= 15 is 0 Å². The zero-order valence-corrected chi connectivity index (χ0v) is 8.72. The average molecular weight is 190 g/mol. The van der Waals surface area contributed by atoms with Crippen molar-refractivity contribution in [3.8, 4) is 0 Å². The van der Waals surface area contributed by atoms with E-state index in [1.54, 1.807) is 0 Å². The highest BCUT2D eigenvalue weighted by atomic mass is 14.9. The number of rotatable bonds is 2. The Hall–Kier alpha value is -1.18. The van der Waals surface area contributed by atoms with E-state index in [4.69, 9.17) is 5.73 Å². The maximum atomic E-state index is 5.79. The van der Waals surface area contributed by atoms with Crippen LogP contribution in [0.15, 0.2) is 18.2 Å². The normalized spacial score (nSPS) is 17.2. The van der Waals surface area contributed by atoms with Gasteiger partial charge in [0.15, 0.2) is 0 Å². The van der Waals surface area contributed by atoms with Gasteiger partial charge in [0, 0.05) is 17.4 Å². The van der Waals surface area contributed by atoms with Crippen LogP contribution in [0.3, 0.4) is 0 Å². The quantitative estimate of drug-likeness (QED) is 0.704. The number of nitrogen functional groups attached to an aromatic ring is 1. The van der Waals surface area contributed by atoms with Crippen LogP contribution in [0.5, 0.6) is 0 Å².